The molecule has 112 valence electrons. The molecule has 0 spiro atoms. The van der Waals surface area contributed by atoms with E-state index in [2.05, 4.69) is 10.6 Å². The molecule has 4 nitrogen and oxygen atoms in total. The highest BCUT2D eigenvalue weighted by Gasteiger charge is 2.32. The van der Waals surface area contributed by atoms with Crippen LogP contribution in [0.4, 0.5) is 0 Å². The van der Waals surface area contributed by atoms with Crippen LogP contribution in [0.25, 0.3) is 0 Å². The summed E-state index contributed by atoms with van der Waals surface area (Å²) >= 11 is 0. The van der Waals surface area contributed by atoms with Crippen molar-refractivity contribution in [1.82, 2.24) is 10.6 Å². The van der Waals surface area contributed by atoms with Gasteiger partial charge in [-0.1, -0.05) is 30.3 Å². The van der Waals surface area contributed by atoms with Gasteiger partial charge in [-0.05, 0) is 34.4 Å². The minimum atomic E-state index is -0.558. The van der Waals surface area contributed by atoms with Crippen molar-refractivity contribution in [3.05, 3.63) is 70.3 Å². The molecule has 1 aliphatic heterocycles. The Hall–Kier alpha value is -2.17. The standard InChI is InChI=1S/C18H18N2O2/c21-16-8-11-3-1-2-4-15(11)17(16)20-18(22)12-5-6-13-9-19-10-14(13)7-12/h1-7,16-17,19,21H,8-10H2,(H,20,22)/t16-,17+/m1/s1. The second kappa shape index (κ2) is 5.23. The Morgan fingerprint density at radius 1 is 1.09 bits per heavy atom. The molecule has 0 saturated heterocycles. The number of amides is 1. The number of rotatable bonds is 2. The summed E-state index contributed by atoms with van der Waals surface area (Å²) in [6.07, 6.45) is 0.0346. The summed E-state index contributed by atoms with van der Waals surface area (Å²) in [5.41, 5.74) is 5.21. The van der Waals surface area contributed by atoms with E-state index in [4.69, 9.17) is 0 Å². The van der Waals surface area contributed by atoms with Crippen LogP contribution < -0.4 is 10.6 Å². The molecule has 3 N–H and O–H groups in total. The molecule has 1 amide bonds. The number of hydrogen-bond donors (Lipinski definition) is 3. The minimum Gasteiger partial charge on any atom is -0.390 e. The first-order valence-electron chi connectivity index (χ1n) is 7.61. The fourth-order valence-electron chi connectivity index (χ4n) is 3.41. The highest BCUT2D eigenvalue weighted by molar-refractivity contribution is 5.95. The maximum Gasteiger partial charge on any atom is 0.251 e. The van der Waals surface area contributed by atoms with Gasteiger partial charge in [-0.3, -0.25) is 4.79 Å². The van der Waals surface area contributed by atoms with E-state index in [0.717, 1.165) is 24.2 Å². The summed E-state index contributed by atoms with van der Waals surface area (Å²) in [6, 6.07) is 13.4. The average molecular weight is 294 g/mol. The van der Waals surface area contributed by atoms with Gasteiger partial charge in [-0.25, -0.2) is 0 Å². The van der Waals surface area contributed by atoms with E-state index in [1.165, 1.54) is 11.1 Å². The van der Waals surface area contributed by atoms with Gasteiger partial charge in [0.05, 0.1) is 12.1 Å². The minimum absolute atomic E-state index is 0.129. The van der Waals surface area contributed by atoms with Crippen molar-refractivity contribution in [2.24, 2.45) is 0 Å². The van der Waals surface area contributed by atoms with Crippen LogP contribution in [0.3, 0.4) is 0 Å². The number of hydrogen-bond acceptors (Lipinski definition) is 3. The van der Waals surface area contributed by atoms with Crippen molar-refractivity contribution < 1.29 is 9.90 Å². The Labute approximate surface area is 129 Å². The van der Waals surface area contributed by atoms with Crippen LogP contribution in [-0.2, 0) is 19.5 Å². The first kappa shape index (κ1) is 13.5. The second-order valence-electron chi connectivity index (χ2n) is 6.01. The Bertz CT molecular complexity index is 742. The highest BCUT2D eigenvalue weighted by atomic mass is 16.3. The molecule has 22 heavy (non-hydrogen) atoms. The molecule has 0 bridgehead atoms. The largest absolute Gasteiger partial charge is 0.390 e. The van der Waals surface area contributed by atoms with Gasteiger partial charge in [0.25, 0.3) is 5.91 Å². The number of carbonyl (C=O) groups is 1. The lowest BCUT2D eigenvalue weighted by molar-refractivity contribution is 0.0858. The van der Waals surface area contributed by atoms with E-state index >= 15 is 0 Å². The van der Waals surface area contributed by atoms with Gasteiger partial charge in [0.15, 0.2) is 0 Å². The summed E-state index contributed by atoms with van der Waals surface area (Å²) < 4.78 is 0. The number of benzene rings is 2. The molecule has 1 heterocycles. The van der Waals surface area contributed by atoms with Gasteiger partial charge < -0.3 is 15.7 Å². The van der Waals surface area contributed by atoms with Gasteiger partial charge in [-0.2, -0.15) is 0 Å². The summed E-state index contributed by atoms with van der Waals surface area (Å²) in [4.78, 5) is 12.5. The average Bonchev–Trinajstić information content (AvgIpc) is 3.11. The fourth-order valence-corrected chi connectivity index (χ4v) is 3.41. The van der Waals surface area contributed by atoms with Crippen LogP contribution in [0.2, 0.25) is 0 Å². The Balaban J connectivity index is 1.57. The molecule has 0 aromatic heterocycles. The van der Waals surface area contributed by atoms with Gasteiger partial charge in [0.1, 0.15) is 0 Å². The molecule has 4 heteroatoms. The molecule has 0 radical (unpaired) electrons. The predicted octanol–water partition coefficient (Wildman–Crippen LogP) is 1.68. The third kappa shape index (κ3) is 2.21. The summed E-state index contributed by atoms with van der Waals surface area (Å²) in [6.45, 7) is 1.68. The molecule has 1 aliphatic carbocycles. The molecule has 2 aromatic rings. The molecule has 2 aromatic carbocycles. The molecular weight excluding hydrogens is 276 g/mol. The number of aliphatic hydroxyl groups is 1. The molecular formula is C18H18N2O2. The van der Waals surface area contributed by atoms with Gasteiger partial charge >= 0.3 is 0 Å². The van der Waals surface area contributed by atoms with Gasteiger partial charge in [-0.15, -0.1) is 0 Å². The molecule has 4 rings (SSSR count). The summed E-state index contributed by atoms with van der Waals surface area (Å²) in [5.74, 6) is -0.129. The normalized spacial score (nSPS) is 22.2. The van der Waals surface area contributed by atoms with Crippen molar-refractivity contribution in [2.45, 2.75) is 31.7 Å². The fraction of sp³-hybridized carbons (Fsp3) is 0.278. The molecule has 0 saturated carbocycles. The maximum absolute atomic E-state index is 12.5. The van der Waals surface area contributed by atoms with Crippen LogP contribution in [0.15, 0.2) is 42.5 Å². The third-order valence-corrected chi connectivity index (χ3v) is 4.59. The van der Waals surface area contributed by atoms with Crippen molar-refractivity contribution >= 4 is 5.91 Å². The smallest absolute Gasteiger partial charge is 0.251 e. The first-order valence-corrected chi connectivity index (χ1v) is 7.61. The zero-order chi connectivity index (χ0) is 15.1. The van der Waals surface area contributed by atoms with Crippen LogP contribution in [0.1, 0.15) is 38.7 Å². The van der Waals surface area contributed by atoms with E-state index in [0.29, 0.717) is 12.0 Å². The van der Waals surface area contributed by atoms with Gasteiger partial charge in [0.2, 0.25) is 0 Å². The maximum atomic E-state index is 12.5. The van der Waals surface area contributed by atoms with E-state index in [9.17, 15) is 9.90 Å². The SMILES string of the molecule is O=C(N[C@H]1c2ccccc2C[C@H]1O)c1ccc2c(c1)CNC2. The monoisotopic (exact) mass is 294 g/mol. The van der Waals surface area contributed by atoms with E-state index < -0.39 is 6.10 Å². The zero-order valence-electron chi connectivity index (χ0n) is 12.2. The lowest BCUT2D eigenvalue weighted by Crippen LogP contribution is -2.33. The lowest BCUT2D eigenvalue weighted by Gasteiger charge is -2.18. The number of aliphatic hydroxyl groups excluding tert-OH is 1. The molecule has 2 atom stereocenters. The Morgan fingerprint density at radius 3 is 2.82 bits per heavy atom. The first-order chi connectivity index (χ1) is 10.7. The van der Waals surface area contributed by atoms with Crippen molar-refractivity contribution in [1.29, 1.82) is 0 Å². The Kier molecular flexibility index (Phi) is 3.21. The summed E-state index contributed by atoms with van der Waals surface area (Å²) in [7, 11) is 0. The number of fused-ring (bicyclic) bond motifs is 2. The van der Waals surface area contributed by atoms with Crippen molar-refractivity contribution in [3.63, 3.8) is 0 Å². The summed E-state index contributed by atoms with van der Waals surface area (Å²) in [5, 5.41) is 16.5. The second-order valence-corrected chi connectivity index (χ2v) is 6.01. The van der Waals surface area contributed by atoms with Crippen LogP contribution in [-0.4, -0.2) is 17.1 Å². The number of nitrogens with one attached hydrogen (secondary N) is 2. The van der Waals surface area contributed by atoms with E-state index in [-0.39, 0.29) is 11.9 Å². The highest BCUT2D eigenvalue weighted by Crippen LogP contribution is 2.31. The quantitative estimate of drug-likeness (QED) is 0.790. The van der Waals surface area contributed by atoms with E-state index in [1.54, 1.807) is 0 Å². The Morgan fingerprint density at radius 2 is 1.91 bits per heavy atom. The van der Waals surface area contributed by atoms with Crippen LogP contribution >= 0.6 is 0 Å². The topological polar surface area (TPSA) is 61.4 Å². The molecule has 0 unspecified atom stereocenters. The van der Waals surface area contributed by atoms with E-state index in [1.807, 2.05) is 42.5 Å². The van der Waals surface area contributed by atoms with Crippen LogP contribution in [0.5, 0.6) is 0 Å². The zero-order valence-corrected chi connectivity index (χ0v) is 12.2. The van der Waals surface area contributed by atoms with Crippen molar-refractivity contribution in [3.8, 4) is 0 Å². The number of carbonyl (C=O) groups excluding carboxylic acids is 1. The molecule has 2 aliphatic rings. The lowest BCUT2D eigenvalue weighted by atomic mass is 10.0. The van der Waals surface area contributed by atoms with Gasteiger partial charge in [0, 0.05) is 25.1 Å². The third-order valence-electron chi connectivity index (χ3n) is 4.59. The van der Waals surface area contributed by atoms with Crippen LogP contribution in [0, 0.1) is 0 Å². The molecule has 0 fully saturated rings. The predicted molar refractivity (Wildman–Crippen MR) is 83.3 cm³/mol. The van der Waals surface area contributed by atoms with Crippen molar-refractivity contribution in [2.75, 3.05) is 0 Å².